The largest absolute Gasteiger partial charge is 0.455 e. The van der Waals surface area contributed by atoms with Gasteiger partial charge in [-0.1, -0.05) is 220 Å². The molecule has 2 atom stereocenters. The zero-order valence-electron chi connectivity index (χ0n) is 37.4. The van der Waals surface area contributed by atoms with Gasteiger partial charge in [0, 0.05) is 16.2 Å². The minimum atomic E-state index is -0.245. The molecule has 3 nitrogen and oxygen atoms in total. The van der Waals surface area contributed by atoms with Crippen molar-refractivity contribution in [2.75, 3.05) is 0 Å². The van der Waals surface area contributed by atoms with Crippen molar-refractivity contribution in [1.82, 2.24) is 5.32 Å². The van der Waals surface area contributed by atoms with E-state index in [9.17, 15) is 0 Å². The van der Waals surface area contributed by atoms with Gasteiger partial charge in [0.25, 0.3) is 0 Å². The van der Waals surface area contributed by atoms with Crippen LogP contribution in [0.2, 0.25) is 0 Å². The minimum Gasteiger partial charge on any atom is -0.455 e. The summed E-state index contributed by atoms with van der Waals surface area (Å²) in [4.78, 5) is 5.70. The quantitative estimate of drug-likeness (QED) is 0.169. The van der Waals surface area contributed by atoms with Gasteiger partial charge in [0.2, 0.25) is 0 Å². The van der Waals surface area contributed by atoms with E-state index in [0.717, 1.165) is 60.8 Å². The van der Waals surface area contributed by atoms with E-state index in [1.165, 1.54) is 60.8 Å². The number of amidine groups is 1. The number of fused-ring (bicyclic) bond motifs is 9. The number of nitrogens with one attached hydrogen (secondary N) is 1. The molecule has 1 aliphatic carbocycles. The fourth-order valence-corrected chi connectivity index (χ4v) is 11.0. The van der Waals surface area contributed by atoms with Gasteiger partial charge < -0.3 is 9.73 Å². The van der Waals surface area contributed by atoms with Crippen LogP contribution in [0.4, 0.5) is 0 Å². The van der Waals surface area contributed by atoms with Crippen molar-refractivity contribution >= 4 is 49.3 Å². The molecule has 0 amide bonds. The standard InChI is InChI=1S/C64H46N2O/c1-64(2)56-24-14-13-23-52(56)53-31-29-46(39-57(53)64)59-35-34-58(43-27-25-41(26-28-43)40-15-5-3-6-16-40)65-63(66-59)55-38-44-19-9-10-20-49(44)61-54-37-45(30-36-60(54)67-62(55)61)48-33-32-47(42-17-7-4-8-18-42)50-21-11-12-22-51(48)50/h3-39,58-59H,1-2H3,(H,65,66). The first-order chi connectivity index (χ1) is 33.0. The van der Waals surface area contributed by atoms with Crippen molar-refractivity contribution in [3.63, 3.8) is 0 Å². The van der Waals surface area contributed by atoms with Crippen molar-refractivity contribution in [3.8, 4) is 44.5 Å². The van der Waals surface area contributed by atoms with Crippen molar-refractivity contribution < 1.29 is 4.42 Å². The second-order valence-electron chi connectivity index (χ2n) is 18.6. The molecular formula is C64H46N2O. The molecule has 1 aliphatic heterocycles. The van der Waals surface area contributed by atoms with Gasteiger partial charge in [0.05, 0.1) is 17.6 Å². The second kappa shape index (κ2) is 15.4. The third-order valence-corrected chi connectivity index (χ3v) is 14.4. The molecule has 1 aromatic heterocycles. The summed E-state index contributed by atoms with van der Waals surface area (Å²) in [5.41, 5.74) is 17.3. The molecule has 3 heteroatoms. The Morgan fingerprint density at radius 2 is 1.03 bits per heavy atom. The summed E-state index contributed by atoms with van der Waals surface area (Å²) >= 11 is 0. The van der Waals surface area contributed by atoms with E-state index >= 15 is 0 Å². The number of hydrogen-bond acceptors (Lipinski definition) is 3. The average Bonchev–Trinajstić information content (AvgIpc) is 3.77. The van der Waals surface area contributed by atoms with Crippen LogP contribution in [0.25, 0.3) is 88.0 Å². The van der Waals surface area contributed by atoms with Gasteiger partial charge in [-0.25, -0.2) is 0 Å². The Bertz CT molecular complexity index is 3800. The normalized spacial score (nSPS) is 16.2. The van der Waals surface area contributed by atoms with E-state index in [4.69, 9.17) is 9.41 Å². The molecular weight excluding hydrogens is 813 g/mol. The van der Waals surface area contributed by atoms with Gasteiger partial charge in [-0.2, -0.15) is 0 Å². The Hall–Kier alpha value is -8.27. The lowest BCUT2D eigenvalue weighted by molar-refractivity contribution is 0.658. The first-order valence-corrected chi connectivity index (χ1v) is 23.3. The number of rotatable bonds is 6. The maximum absolute atomic E-state index is 7.07. The van der Waals surface area contributed by atoms with Crippen LogP contribution in [0.3, 0.4) is 0 Å². The van der Waals surface area contributed by atoms with Gasteiger partial charge in [0.15, 0.2) is 0 Å². The lowest BCUT2D eigenvalue weighted by Crippen LogP contribution is -2.28. The minimum absolute atomic E-state index is 0.127. The maximum atomic E-state index is 7.07. The number of benzene rings is 10. The molecule has 2 aliphatic rings. The van der Waals surface area contributed by atoms with Crippen LogP contribution in [0.15, 0.2) is 234 Å². The van der Waals surface area contributed by atoms with Gasteiger partial charge in [-0.15, -0.1) is 0 Å². The monoisotopic (exact) mass is 858 g/mol. The lowest BCUT2D eigenvalue weighted by Gasteiger charge is -2.22. The number of aliphatic imine (C=N–C) groups is 1. The molecule has 2 heterocycles. The summed E-state index contributed by atoms with van der Waals surface area (Å²) in [6, 6.07) is 76.6. The second-order valence-corrected chi connectivity index (χ2v) is 18.6. The Balaban J connectivity index is 0.980. The Morgan fingerprint density at radius 3 is 1.81 bits per heavy atom. The van der Waals surface area contributed by atoms with E-state index in [2.05, 4.69) is 244 Å². The highest BCUT2D eigenvalue weighted by Crippen LogP contribution is 2.50. The van der Waals surface area contributed by atoms with Crippen LogP contribution in [0, 0.1) is 0 Å². The SMILES string of the molecule is CC1(C)c2ccccc2-c2ccc(C3C=CC(c4ccc(-c5ccccc5)cc4)NC(c4cc5ccccc5c5c4oc4ccc(-c6ccc(-c7ccccc7)c7ccccc67)cc45)=N3)cc21. The molecule has 0 fully saturated rings. The number of hydrogen-bond donors (Lipinski definition) is 1. The van der Waals surface area contributed by atoms with Crippen molar-refractivity contribution in [3.05, 3.63) is 252 Å². The van der Waals surface area contributed by atoms with Gasteiger partial charge in [0.1, 0.15) is 17.0 Å². The van der Waals surface area contributed by atoms with Gasteiger partial charge in [-0.05, 0) is 107 Å². The van der Waals surface area contributed by atoms with E-state index in [-0.39, 0.29) is 17.5 Å². The van der Waals surface area contributed by atoms with Crippen molar-refractivity contribution in [2.45, 2.75) is 31.3 Å². The summed E-state index contributed by atoms with van der Waals surface area (Å²) < 4.78 is 7.07. The highest BCUT2D eigenvalue weighted by atomic mass is 16.3. The molecule has 2 unspecified atom stereocenters. The molecule has 0 saturated carbocycles. The first kappa shape index (κ1) is 39.1. The van der Waals surface area contributed by atoms with Crippen LogP contribution in [0.5, 0.6) is 0 Å². The molecule has 67 heavy (non-hydrogen) atoms. The smallest absolute Gasteiger partial charge is 0.146 e. The molecule has 11 aromatic rings. The summed E-state index contributed by atoms with van der Waals surface area (Å²) in [5, 5.41) is 10.9. The first-order valence-electron chi connectivity index (χ1n) is 23.3. The highest BCUT2D eigenvalue weighted by molar-refractivity contribution is 6.25. The van der Waals surface area contributed by atoms with Crippen LogP contribution in [-0.4, -0.2) is 5.84 Å². The highest BCUT2D eigenvalue weighted by Gasteiger charge is 2.36. The Kier molecular flexibility index (Phi) is 9.01. The molecule has 0 bridgehead atoms. The zero-order chi connectivity index (χ0) is 44.6. The molecule has 0 spiro atoms. The fraction of sp³-hybridized carbons (Fsp3) is 0.0781. The van der Waals surface area contributed by atoms with Gasteiger partial charge in [-0.3, -0.25) is 4.99 Å². The third-order valence-electron chi connectivity index (χ3n) is 14.4. The predicted octanol–water partition coefficient (Wildman–Crippen LogP) is 16.6. The Morgan fingerprint density at radius 1 is 0.433 bits per heavy atom. The van der Waals surface area contributed by atoms with Crippen molar-refractivity contribution in [1.29, 1.82) is 0 Å². The zero-order valence-corrected chi connectivity index (χ0v) is 37.4. The topological polar surface area (TPSA) is 37.5 Å². The fourth-order valence-electron chi connectivity index (χ4n) is 11.0. The van der Waals surface area contributed by atoms with Crippen LogP contribution < -0.4 is 5.32 Å². The third kappa shape index (κ3) is 6.45. The average molecular weight is 859 g/mol. The Labute approximate surface area is 390 Å². The van der Waals surface area contributed by atoms with E-state index in [0.29, 0.717) is 0 Å². The van der Waals surface area contributed by atoms with E-state index in [1.807, 2.05) is 0 Å². The number of nitrogens with zero attached hydrogens (tertiary/aromatic N) is 1. The van der Waals surface area contributed by atoms with Gasteiger partial charge >= 0.3 is 0 Å². The van der Waals surface area contributed by atoms with Crippen LogP contribution in [-0.2, 0) is 5.41 Å². The molecule has 0 radical (unpaired) electrons. The van der Waals surface area contributed by atoms with E-state index in [1.54, 1.807) is 0 Å². The lowest BCUT2D eigenvalue weighted by atomic mass is 9.81. The molecule has 0 saturated heterocycles. The predicted molar refractivity (Wildman–Crippen MR) is 280 cm³/mol. The summed E-state index contributed by atoms with van der Waals surface area (Å²) in [5.74, 6) is 0.799. The van der Waals surface area contributed by atoms with E-state index < -0.39 is 0 Å². The molecule has 1 N–H and O–H groups in total. The molecule has 318 valence electrons. The number of furan rings is 1. The summed E-state index contributed by atoms with van der Waals surface area (Å²) in [7, 11) is 0. The summed E-state index contributed by atoms with van der Waals surface area (Å²) in [6.07, 6.45) is 4.57. The molecule has 13 rings (SSSR count). The van der Waals surface area contributed by atoms with Crippen molar-refractivity contribution in [2.24, 2.45) is 4.99 Å². The summed E-state index contributed by atoms with van der Waals surface area (Å²) in [6.45, 7) is 4.69. The van der Waals surface area contributed by atoms with Crippen LogP contribution >= 0.6 is 0 Å². The van der Waals surface area contributed by atoms with Crippen LogP contribution in [0.1, 0.15) is 53.7 Å². The maximum Gasteiger partial charge on any atom is 0.146 e. The molecule has 10 aromatic carbocycles.